The van der Waals surface area contributed by atoms with E-state index in [0.29, 0.717) is 17.4 Å². The molecule has 0 bridgehead atoms. The number of rotatable bonds is 42. The number of quaternary nitrogens is 1. The highest BCUT2D eigenvalue weighted by atomic mass is 31.2. The highest BCUT2D eigenvalue weighted by Crippen LogP contribution is 2.38. The van der Waals surface area contributed by atoms with Crippen LogP contribution in [0, 0.1) is 0 Å². The molecule has 1 amide bonds. The van der Waals surface area contributed by atoms with Gasteiger partial charge >= 0.3 is 0 Å². The van der Waals surface area contributed by atoms with E-state index in [1.165, 1.54) is 148 Å². The number of nitrogens with zero attached hydrogens (tertiary/aromatic N) is 1. The highest BCUT2D eigenvalue weighted by molar-refractivity contribution is 7.45. The molecule has 0 radical (unpaired) electrons. The molecule has 8 nitrogen and oxygen atoms in total. The Bertz CT molecular complexity index is 1010. The minimum absolute atomic E-state index is 0.00715. The average molecular weight is 811 g/mol. The fourth-order valence-corrected chi connectivity index (χ4v) is 7.30. The SMILES string of the molecule is CCCCCC/C=C/CC/C=C/C(O)C(COP(=O)([O-])OCC[N+](C)(C)C)NC(=O)CCCCCCCCCC/C=C\CCCCCCCCCCCCCC. The number of amides is 1. The zero-order chi connectivity index (χ0) is 41.4. The fourth-order valence-electron chi connectivity index (χ4n) is 6.57. The normalized spacial score (nSPS) is 14.6. The van der Waals surface area contributed by atoms with Crippen molar-refractivity contribution in [3.05, 3.63) is 36.5 Å². The molecule has 0 rings (SSSR count). The van der Waals surface area contributed by atoms with Gasteiger partial charge < -0.3 is 28.8 Å². The van der Waals surface area contributed by atoms with Crippen LogP contribution in [-0.4, -0.2) is 68.5 Å². The van der Waals surface area contributed by atoms with Crippen LogP contribution in [0.1, 0.15) is 206 Å². The molecular formula is C47H91N2O6P. The van der Waals surface area contributed by atoms with Gasteiger partial charge in [-0.3, -0.25) is 9.36 Å². The van der Waals surface area contributed by atoms with Gasteiger partial charge in [0.25, 0.3) is 7.82 Å². The second kappa shape index (κ2) is 39.2. The number of allylic oxidation sites excluding steroid dienone is 5. The summed E-state index contributed by atoms with van der Waals surface area (Å²) in [6, 6.07) is -0.902. The summed E-state index contributed by atoms with van der Waals surface area (Å²) in [6.07, 6.45) is 47.8. The van der Waals surface area contributed by atoms with E-state index in [1.54, 1.807) is 6.08 Å². The van der Waals surface area contributed by atoms with E-state index in [0.717, 1.165) is 38.5 Å². The summed E-state index contributed by atoms with van der Waals surface area (Å²) >= 11 is 0. The zero-order valence-electron chi connectivity index (χ0n) is 37.3. The molecule has 0 aromatic heterocycles. The third-order valence-electron chi connectivity index (χ3n) is 10.3. The van der Waals surface area contributed by atoms with Crippen LogP contribution in [-0.2, 0) is 18.4 Å². The lowest BCUT2D eigenvalue weighted by molar-refractivity contribution is -0.870. The first-order chi connectivity index (χ1) is 27.0. The summed E-state index contributed by atoms with van der Waals surface area (Å²) in [7, 11) is 1.24. The third-order valence-corrected chi connectivity index (χ3v) is 11.3. The highest BCUT2D eigenvalue weighted by Gasteiger charge is 2.23. The molecule has 0 fully saturated rings. The lowest BCUT2D eigenvalue weighted by Crippen LogP contribution is -2.45. The second-order valence-electron chi connectivity index (χ2n) is 17.1. The standard InChI is InChI=1S/C47H91N2O6P/c1-6-8-10-12-14-16-18-19-20-21-22-23-24-25-26-27-28-29-30-31-33-35-37-39-41-47(51)48-45(44-55-56(52,53)54-43-42-49(3,4)5)46(50)40-38-36-34-32-17-15-13-11-9-7-2/h17,25-26,32,38,40,45-46,50H,6-16,18-24,27-31,33-37,39,41-44H2,1-5H3,(H-,48,51,52,53)/b26-25-,32-17+,40-38+. The Balaban J connectivity index is 4.22. The van der Waals surface area contributed by atoms with Gasteiger partial charge in [-0.25, -0.2) is 0 Å². The number of aliphatic hydroxyl groups excluding tert-OH is 1. The van der Waals surface area contributed by atoms with Gasteiger partial charge in [-0.2, -0.15) is 0 Å². The van der Waals surface area contributed by atoms with Crippen LogP contribution < -0.4 is 10.2 Å². The van der Waals surface area contributed by atoms with Crippen LogP contribution >= 0.6 is 7.82 Å². The number of unbranched alkanes of at least 4 members (excludes halogenated alkanes) is 25. The molecule has 0 aromatic rings. The summed E-state index contributed by atoms with van der Waals surface area (Å²) in [5, 5.41) is 13.7. The van der Waals surface area contributed by atoms with Crippen LogP contribution in [0.3, 0.4) is 0 Å². The lowest BCUT2D eigenvalue weighted by Gasteiger charge is -2.29. The lowest BCUT2D eigenvalue weighted by atomic mass is 10.0. The van der Waals surface area contributed by atoms with Crippen molar-refractivity contribution >= 4 is 13.7 Å². The van der Waals surface area contributed by atoms with Gasteiger partial charge in [0.2, 0.25) is 5.91 Å². The van der Waals surface area contributed by atoms with Crippen molar-refractivity contribution in [3.8, 4) is 0 Å². The number of carbonyl (C=O) groups is 1. The van der Waals surface area contributed by atoms with Crippen molar-refractivity contribution in [1.29, 1.82) is 0 Å². The Morgan fingerprint density at radius 3 is 1.46 bits per heavy atom. The molecular weight excluding hydrogens is 719 g/mol. The number of aliphatic hydroxyl groups is 1. The van der Waals surface area contributed by atoms with Crippen molar-refractivity contribution < 1.29 is 32.9 Å². The topological polar surface area (TPSA) is 108 Å². The molecule has 330 valence electrons. The van der Waals surface area contributed by atoms with Crippen LogP contribution in [0.15, 0.2) is 36.5 Å². The van der Waals surface area contributed by atoms with Crippen molar-refractivity contribution in [2.75, 3.05) is 40.9 Å². The molecule has 0 spiro atoms. The fraction of sp³-hybridized carbons (Fsp3) is 0.851. The molecule has 0 aromatic carbocycles. The van der Waals surface area contributed by atoms with Gasteiger partial charge in [0.05, 0.1) is 39.9 Å². The molecule has 56 heavy (non-hydrogen) atoms. The molecule has 0 heterocycles. The molecule has 3 unspecified atom stereocenters. The summed E-state index contributed by atoms with van der Waals surface area (Å²) in [6.45, 7) is 4.59. The summed E-state index contributed by atoms with van der Waals surface area (Å²) in [4.78, 5) is 25.2. The monoisotopic (exact) mass is 811 g/mol. The summed E-state index contributed by atoms with van der Waals surface area (Å²) in [5.74, 6) is -0.212. The molecule has 0 aliphatic carbocycles. The van der Waals surface area contributed by atoms with Gasteiger partial charge in [0.15, 0.2) is 0 Å². The van der Waals surface area contributed by atoms with E-state index >= 15 is 0 Å². The molecule has 0 aliphatic rings. The minimum Gasteiger partial charge on any atom is -0.756 e. The number of phosphoric acid groups is 1. The van der Waals surface area contributed by atoms with Gasteiger partial charge in [0, 0.05) is 6.42 Å². The number of carbonyl (C=O) groups excluding carboxylic acids is 1. The predicted molar refractivity (Wildman–Crippen MR) is 238 cm³/mol. The van der Waals surface area contributed by atoms with Crippen molar-refractivity contribution in [1.82, 2.24) is 5.32 Å². The second-order valence-corrected chi connectivity index (χ2v) is 18.5. The number of nitrogens with one attached hydrogen (secondary N) is 1. The van der Waals surface area contributed by atoms with Gasteiger partial charge in [-0.1, -0.05) is 179 Å². The first-order valence-corrected chi connectivity index (χ1v) is 24.8. The predicted octanol–water partition coefficient (Wildman–Crippen LogP) is 12.5. The number of hydrogen-bond donors (Lipinski definition) is 2. The maximum Gasteiger partial charge on any atom is 0.268 e. The van der Waals surface area contributed by atoms with E-state index in [2.05, 4.69) is 43.5 Å². The molecule has 0 aliphatic heterocycles. The number of hydrogen-bond acceptors (Lipinski definition) is 6. The van der Waals surface area contributed by atoms with Crippen LogP contribution in [0.2, 0.25) is 0 Å². The number of phosphoric ester groups is 1. The largest absolute Gasteiger partial charge is 0.756 e. The van der Waals surface area contributed by atoms with Crippen molar-refractivity contribution in [2.45, 2.75) is 219 Å². The summed E-state index contributed by atoms with van der Waals surface area (Å²) < 4.78 is 23.1. The Hall–Kier alpha value is -1.28. The Kier molecular flexibility index (Phi) is 38.3. The van der Waals surface area contributed by atoms with Crippen LogP contribution in [0.25, 0.3) is 0 Å². The molecule has 9 heteroatoms. The Morgan fingerprint density at radius 2 is 1.00 bits per heavy atom. The first kappa shape index (κ1) is 54.7. The van der Waals surface area contributed by atoms with Gasteiger partial charge in [-0.05, 0) is 57.8 Å². The first-order valence-electron chi connectivity index (χ1n) is 23.4. The van der Waals surface area contributed by atoms with Crippen molar-refractivity contribution in [2.24, 2.45) is 0 Å². The van der Waals surface area contributed by atoms with Crippen LogP contribution in [0.5, 0.6) is 0 Å². The zero-order valence-corrected chi connectivity index (χ0v) is 38.2. The van der Waals surface area contributed by atoms with E-state index in [4.69, 9.17) is 9.05 Å². The van der Waals surface area contributed by atoms with Crippen molar-refractivity contribution in [3.63, 3.8) is 0 Å². The van der Waals surface area contributed by atoms with Gasteiger partial charge in [0.1, 0.15) is 13.2 Å². The van der Waals surface area contributed by atoms with E-state index in [9.17, 15) is 19.4 Å². The maximum atomic E-state index is 12.8. The number of likely N-dealkylation sites (N-methyl/N-ethyl adjacent to an activating group) is 1. The molecule has 0 saturated heterocycles. The van der Waals surface area contributed by atoms with Crippen LogP contribution in [0.4, 0.5) is 0 Å². The Morgan fingerprint density at radius 1 is 0.607 bits per heavy atom. The van der Waals surface area contributed by atoms with E-state index in [-0.39, 0.29) is 12.5 Å². The van der Waals surface area contributed by atoms with E-state index in [1.807, 2.05) is 27.2 Å². The van der Waals surface area contributed by atoms with Gasteiger partial charge in [-0.15, -0.1) is 0 Å². The third kappa shape index (κ3) is 40.9. The molecule has 0 saturated carbocycles. The minimum atomic E-state index is -4.59. The average Bonchev–Trinajstić information content (AvgIpc) is 3.15. The Labute approximate surface area is 347 Å². The summed E-state index contributed by atoms with van der Waals surface area (Å²) in [5.41, 5.74) is 0. The van der Waals surface area contributed by atoms with E-state index < -0.39 is 26.6 Å². The molecule has 3 atom stereocenters. The quantitative estimate of drug-likeness (QED) is 0.0275. The smallest absolute Gasteiger partial charge is 0.268 e. The maximum absolute atomic E-state index is 12.8. The molecule has 2 N–H and O–H groups in total.